The first-order chi connectivity index (χ1) is 10.9. The molecule has 2 N–H and O–H groups in total. The second-order valence-electron chi connectivity index (χ2n) is 5.40. The van der Waals surface area contributed by atoms with Crippen molar-refractivity contribution in [2.24, 2.45) is 0 Å². The van der Waals surface area contributed by atoms with Crippen molar-refractivity contribution in [1.82, 2.24) is 15.1 Å². The number of rotatable bonds is 9. The highest BCUT2D eigenvalue weighted by atomic mass is 16.5. The summed E-state index contributed by atoms with van der Waals surface area (Å²) in [6, 6.07) is 0. The molecule has 0 bridgehead atoms. The lowest BCUT2D eigenvalue weighted by Crippen LogP contribution is -2.56. The fourth-order valence-electron chi connectivity index (χ4n) is 2.11. The fraction of sp³-hybridized carbons (Fsp3) is 0.667. The highest BCUT2D eigenvalue weighted by Gasteiger charge is 2.32. The Morgan fingerprint density at radius 3 is 2.57 bits per heavy atom. The summed E-state index contributed by atoms with van der Waals surface area (Å²) in [7, 11) is 0. The van der Waals surface area contributed by atoms with Crippen LogP contribution in [-0.2, 0) is 19.1 Å². The first kappa shape index (κ1) is 19.1. The molecular weight excluding hydrogens is 302 g/mol. The first-order valence-electron chi connectivity index (χ1n) is 7.64. The molecule has 0 aromatic carbocycles. The Hall–Kier alpha value is -1.93. The van der Waals surface area contributed by atoms with Crippen molar-refractivity contribution in [2.45, 2.75) is 20.0 Å². The van der Waals surface area contributed by atoms with Crippen LogP contribution in [0.15, 0.2) is 12.2 Å². The zero-order valence-corrected chi connectivity index (χ0v) is 13.7. The van der Waals surface area contributed by atoms with Crippen LogP contribution in [0.4, 0.5) is 0 Å². The van der Waals surface area contributed by atoms with E-state index in [1.807, 2.05) is 6.92 Å². The van der Waals surface area contributed by atoms with E-state index in [1.165, 1.54) is 9.80 Å². The molecule has 8 nitrogen and oxygen atoms in total. The largest absolute Gasteiger partial charge is 0.389 e. The molecule has 0 aromatic heterocycles. The number of carbonyl (C=O) groups is 3. The third-order valence-corrected chi connectivity index (χ3v) is 3.44. The topological polar surface area (TPSA) is 99.2 Å². The molecule has 0 aliphatic carbocycles. The maximum Gasteiger partial charge on any atom is 0.312 e. The lowest BCUT2D eigenvalue weighted by molar-refractivity contribution is -0.157. The van der Waals surface area contributed by atoms with Gasteiger partial charge < -0.3 is 25.0 Å². The normalized spacial score (nSPS) is 16.5. The molecule has 3 amide bonds. The van der Waals surface area contributed by atoms with Crippen LogP contribution in [0, 0.1) is 0 Å². The summed E-state index contributed by atoms with van der Waals surface area (Å²) in [5.41, 5.74) is 0.416. The number of carbonyl (C=O) groups excluding carboxylic acids is 3. The lowest BCUT2D eigenvalue weighted by atomic mass is 10.2. The molecule has 8 heteroatoms. The van der Waals surface area contributed by atoms with Gasteiger partial charge in [-0.3, -0.25) is 14.4 Å². The van der Waals surface area contributed by atoms with Gasteiger partial charge in [0.2, 0.25) is 5.91 Å². The van der Waals surface area contributed by atoms with Gasteiger partial charge in [0.15, 0.2) is 0 Å². The molecular formula is C15H25N3O5. The smallest absolute Gasteiger partial charge is 0.312 e. The molecule has 1 heterocycles. The van der Waals surface area contributed by atoms with Gasteiger partial charge in [-0.1, -0.05) is 6.58 Å². The van der Waals surface area contributed by atoms with E-state index in [9.17, 15) is 19.5 Å². The van der Waals surface area contributed by atoms with Crippen LogP contribution < -0.4 is 5.32 Å². The average Bonchev–Trinajstić information content (AvgIpc) is 2.51. The maximum absolute atomic E-state index is 11.9. The second kappa shape index (κ2) is 9.26. The van der Waals surface area contributed by atoms with Gasteiger partial charge in [0, 0.05) is 38.3 Å². The summed E-state index contributed by atoms with van der Waals surface area (Å²) < 4.78 is 5.24. The van der Waals surface area contributed by atoms with Gasteiger partial charge in [0.1, 0.15) is 0 Å². The summed E-state index contributed by atoms with van der Waals surface area (Å²) in [6.45, 7) is 8.95. The standard InChI is InChI=1S/C15H25N3O5/c1-4-17-6-7-18(15(22)14(17)21)9-12(19)10-23-8-5-16-13(20)11(2)3/h12,19H,2,4-10H2,1,3H3,(H,16,20). The van der Waals surface area contributed by atoms with Crippen LogP contribution in [0.1, 0.15) is 13.8 Å². The highest BCUT2D eigenvalue weighted by Crippen LogP contribution is 2.06. The Bertz CT molecular complexity index is 466. The van der Waals surface area contributed by atoms with Crippen LogP contribution in [0.3, 0.4) is 0 Å². The van der Waals surface area contributed by atoms with Crippen molar-refractivity contribution in [2.75, 3.05) is 45.9 Å². The molecule has 130 valence electrons. The first-order valence-corrected chi connectivity index (χ1v) is 7.64. The SMILES string of the molecule is C=C(C)C(=O)NCCOCC(O)CN1CCN(CC)C(=O)C1=O. The van der Waals surface area contributed by atoms with E-state index in [4.69, 9.17) is 4.74 Å². The number of hydrogen-bond donors (Lipinski definition) is 2. The van der Waals surface area contributed by atoms with Crippen LogP contribution in [0.2, 0.25) is 0 Å². The van der Waals surface area contributed by atoms with E-state index in [0.717, 1.165) is 0 Å². The predicted molar refractivity (Wildman–Crippen MR) is 83.5 cm³/mol. The van der Waals surface area contributed by atoms with Gasteiger partial charge in [-0.25, -0.2) is 0 Å². The lowest BCUT2D eigenvalue weighted by Gasteiger charge is -2.34. The summed E-state index contributed by atoms with van der Waals surface area (Å²) >= 11 is 0. The number of β-amino-alcohol motifs (C(OH)–C–C–N with tert-alkyl or cyclic N) is 1. The number of aliphatic hydroxyl groups is 1. The molecule has 1 atom stereocenters. The van der Waals surface area contributed by atoms with Crippen molar-refractivity contribution in [3.63, 3.8) is 0 Å². The number of piperazine rings is 1. The minimum absolute atomic E-state index is 0.0262. The molecule has 0 spiro atoms. The van der Waals surface area contributed by atoms with Crippen LogP contribution in [0.5, 0.6) is 0 Å². The number of nitrogens with one attached hydrogen (secondary N) is 1. The molecule has 1 aliphatic rings. The minimum atomic E-state index is -0.878. The number of hydrogen-bond acceptors (Lipinski definition) is 5. The van der Waals surface area contributed by atoms with Crippen molar-refractivity contribution in [3.05, 3.63) is 12.2 Å². The maximum atomic E-state index is 11.9. The third-order valence-electron chi connectivity index (χ3n) is 3.44. The van der Waals surface area contributed by atoms with Crippen molar-refractivity contribution in [3.8, 4) is 0 Å². The zero-order valence-electron chi connectivity index (χ0n) is 13.7. The van der Waals surface area contributed by atoms with E-state index in [0.29, 0.717) is 31.8 Å². The fourth-order valence-corrected chi connectivity index (χ4v) is 2.11. The Morgan fingerprint density at radius 2 is 1.96 bits per heavy atom. The number of aliphatic hydroxyl groups excluding tert-OH is 1. The van der Waals surface area contributed by atoms with E-state index >= 15 is 0 Å². The summed E-state index contributed by atoms with van der Waals surface area (Å²) in [4.78, 5) is 37.7. The van der Waals surface area contributed by atoms with Gasteiger partial charge in [-0.2, -0.15) is 0 Å². The zero-order chi connectivity index (χ0) is 17.4. The Kier molecular flexibility index (Phi) is 7.70. The van der Waals surface area contributed by atoms with Crippen LogP contribution in [0.25, 0.3) is 0 Å². The Labute approximate surface area is 136 Å². The predicted octanol–water partition coefficient (Wildman–Crippen LogP) is -1.25. The Morgan fingerprint density at radius 1 is 1.35 bits per heavy atom. The van der Waals surface area contributed by atoms with Gasteiger partial charge >= 0.3 is 11.8 Å². The molecule has 1 rings (SSSR count). The number of likely N-dealkylation sites (N-methyl/N-ethyl adjacent to an activating group) is 1. The summed E-state index contributed by atoms with van der Waals surface area (Å²) in [6.07, 6.45) is -0.878. The molecule has 0 aromatic rings. The molecule has 1 unspecified atom stereocenters. The molecule has 0 radical (unpaired) electrons. The second-order valence-corrected chi connectivity index (χ2v) is 5.40. The van der Waals surface area contributed by atoms with E-state index in [1.54, 1.807) is 6.92 Å². The molecule has 1 saturated heterocycles. The molecule has 1 fully saturated rings. The molecule has 1 aliphatic heterocycles. The van der Waals surface area contributed by atoms with Crippen molar-refractivity contribution < 1.29 is 24.2 Å². The highest BCUT2D eigenvalue weighted by molar-refractivity contribution is 6.35. The minimum Gasteiger partial charge on any atom is -0.389 e. The van der Waals surface area contributed by atoms with E-state index in [-0.39, 0.29) is 25.7 Å². The third kappa shape index (κ3) is 5.99. The average molecular weight is 327 g/mol. The quantitative estimate of drug-likeness (QED) is 0.313. The molecule has 23 heavy (non-hydrogen) atoms. The molecule has 0 saturated carbocycles. The van der Waals surface area contributed by atoms with Crippen molar-refractivity contribution >= 4 is 17.7 Å². The monoisotopic (exact) mass is 327 g/mol. The number of nitrogens with zero attached hydrogens (tertiary/aromatic N) is 2. The number of ether oxygens (including phenoxy) is 1. The van der Waals surface area contributed by atoms with E-state index < -0.39 is 17.9 Å². The van der Waals surface area contributed by atoms with E-state index in [2.05, 4.69) is 11.9 Å². The summed E-state index contributed by atoms with van der Waals surface area (Å²) in [5, 5.41) is 12.5. The van der Waals surface area contributed by atoms with Gasteiger partial charge in [0.05, 0.1) is 19.3 Å². The van der Waals surface area contributed by atoms with Crippen molar-refractivity contribution in [1.29, 1.82) is 0 Å². The van der Waals surface area contributed by atoms with Gasteiger partial charge in [-0.05, 0) is 13.8 Å². The van der Waals surface area contributed by atoms with Gasteiger partial charge in [-0.15, -0.1) is 0 Å². The van der Waals surface area contributed by atoms with Crippen LogP contribution in [-0.4, -0.2) is 84.7 Å². The van der Waals surface area contributed by atoms with Gasteiger partial charge in [0.25, 0.3) is 0 Å². The number of amides is 3. The van der Waals surface area contributed by atoms with Crippen LogP contribution >= 0.6 is 0 Å². The summed E-state index contributed by atoms with van der Waals surface area (Å²) in [5.74, 6) is -1.37. The Balaban J connectivity index is 2.23.